The summed E-state index contributed by atoms with van der Waals surface area (Å²) in [4.78, 5) is 24.5. The SMILES string of the molecule is CC1=C2CC(O)C(C)(O)C2C(C)C2C(C)C(=O)OC2C1=O. The molecule has 0 bridgehead atoms. The molecular weight excluding hydrogens is 272 g/mol. The predicted octanol–water partition coefficient (Wildman–Crippen LogP) is 0.831. The summed E-state index contributed by atoms with van der Waals surface area (Å²) in [5.74, 6) is -1.57. The summed E-state index contributed by atoms with van der Waals surface area (Å²) in [7, 11) is 0. The first-order chi connectivity index (χ1) is 9.67. The van der Waals surface area contributed by atoms with E-state index < -0.39 is 17.8 Å². The number of ketones is 1. The third kappa shape index (κ3) is 1.77. The monoisotopic (exact) mass is 294 g/mol. The van der Waals surface area contributed by atoms with Crippen LogP contribution in [0.2, 0.25) is 0 Å². The number of esters is 1. The van der Waals surface area contributed by atoms with Crippen LogP contribution in [0.5, 0.6) is 0 Å². The van der Waals surface area contributed by atoms with Crippen LogP contribution in [0.4, 0.5) is 0 Å². The van der Waals surface area contributed by atoms with Crippen molar-refractivity contribution in [3.8, 4) is 0 Å². The molecule has 0 aromatic heterocycles. The minimum absolute atomic E-state index is 0.111. The summed E-state index contributed by atoms with van der Waals surface area (Å²) in [5.41, 5.74) is 0.0806. The van der Waals surface area contributed by atoms with Gasteiger partial charge in [-0.3, -0.25) is 9.59 Å². The molecule has 2 aliphatic carbocycles. The van der Waals surface area contributed by atoms with Crippen LogP contribution in [-0.2, 0) is 14.3 Å². The van der Waals surface area contributed by atoms with Gasteiger partial charge < -0.3 is 14.9 Å². The fourth-order valence-corrected chi connectivity index (χ4v) is 4.62. The lowest BCUT2D eigenvalue weighted by Gasteiger charge is -2.36. The van der Waals surface area contributed by atoms with E-state index >= 15 is 0 Å². The second-order valence-electron chi connectivity index (χ2n) is 7.02. The lowest BCUT2D eigenvalue weighted by molar-refractivity contribution is -0.148. The van der Waals surface area contributed by atoms with Crippen LogP contribution in [0.25, 0.3) is 0 Å². The van der Waals surface area contributed by atoms with Crippen LogP contribution in [-0.4, -0.2) is 39.8 Å². The van der Waals surface area contributed by atoms with Crippen LogP contribution >= 0.6 is 0 Å². The Hall–Kier alpha value is -1.20. The molecule has 1 heterocycles. The van der Waals surface area contributed by atoms with Crippen molar-refractivity contribution in [2.24, 2.45) is 23.7 Å². The number of fused-ring (bicyclic) bond motifs is 2. The molecule has 0 aromatic carbocycles. The zero-order valence-corrected chi connectivity index (χ0v) is 12.8. The van der Waals surface area contributed by atoms with Gasteiger partial charge in [-0.25, -0.2) is 0 Å². The standard InChI is InChI=1S/C16H22O5/c1-6-9-5-10(17)16(4,20)12(9)7(2)11-8(3)15(19)21-14(11)13(6)18/h7-8,10-12,14,17,20H,5H2,1-4H3. The minimum atomic E-state index is -1.28. The van der Waals surface area contributed by atoms with Gasteiger partial charge in [0.15, 0.2) is 11.9 Å². The molecule has 5 heteroatoms. The van der Waals surface area contributed by atoms with Crippen molar-refractivity contribution in [2.75, 3.05) is 0 Å². The molecule has 2 N–H and O–H groups in total. The first kappa shape index (κ1) is 14.7. The molecule has 0 aromatic rings. The Balaban J connectivity index is 2.15. The Kier molecular flexibility index (Phi) is 3.08. The Bertz CT molecular complexity index is 547. The highest BCUT2D eigenvalue weighted by Gasteiger charge is 2.59. The summed E-state index contributed by atoms with van der Waals surface area (Å²) in [5, 5.41) is 20.9. The van der Waals surface area contributed by atoms with Gasteiger partial charge in [0, 0.05) is 11.8 Å². The molecule has 2 fully saturated rings. The van der Waals surface area contributed by atoms with Crippen molar-refractivity contribution in [1.82, 2.24) is 0 Å². The Morgan fingerprint density at radius 3 is 2.52 bits per heavy atom. The van der Waals surface area contributed by atoms with E-state index in [-0.39, 0.29) is 35.4 Å². The second kappa shape index (κ2) is 4.40. The summed E-state index contributed by atoms with van der Waals surface area (Å²) in [6, 6.07) is 0. The van der Waals surface area contributed by atoms with E-state index in [0.29, 0.717) is 12.0 Å². The average molecular weight is 294 g/mol. The molecule has 3 rings (SSSR count). The van der Waals surface area contributed by atoms with Gasteiger partial charge in [0.25, 0.3) is 0 Å². The highest BCUT2D eigenvalue weighted by Crippen LogP contribution is 2.53. The molecule has 7 atom stereocenters. The molecule has 1 saturated heterocycles. The number of carbonyl (C=O) groups is 2. The summed E-state index contributed by atoms with van der Waals surface area (Å²) in [6.07, 6.45) is -1.32. The lowest BCUT2D eigenvalue weighted by atomic mass is 9.70. The molecule has 0 spiro atoms. The average Bonchev–Trinajstić information content (AvgIpc) is 2.80. The number of aliphatic hydroxyl groups excluding tert-OH is 1. The maximum absolute atomic E-state index is 12.6. The maximum atomic E-state index is 12.6. The summed E-state index contributed by atoms with van der Waals surface area (Å²) >= 11 is 0. The van der Waals surface area contributed by atoms with Crippen LogP contribution in [0.1, 0.15) is 34.1 Å². The van der Waals surface area contributed by atoms with Gasteiger partial charge in [0.1, 0.15) is 0 Å². The van der Waals surface area contributed by atoms with Crippen molar-refractivity contribution in [3.05, 3.63) is 11.1 Å². The third-order valence-corrected chi connectivity index (χ3v) is 5.88. The number of hydrogen-bond donors (Lipinski definition) is 2. The smallest absolute Gasteiger partial charge is 0.309 e. The van der Waals surface area contributed by atoms with Gasteiger partial charge >= 0.3 is 5.97 Å². The van der Waals surface area contributed by atoms with Crippen molar-refractivity contribution >= 4 is 11.8 Å². The van der Waals surface area contributed by atoms with Gasteiger partial charge in [-0.15, -0.1) is 0 Å². The Morgan fingerprint density at radius 2 is 1.90 bits per heavy atom. The quantitative estimate of drug-likeness (QED) is 0.647. The van der Waals surface area contributed by atoms with Crippen molar-refractivity contribution in [2.45, 2.75) is 51.9 Å². The molecule has 0 radical (unpaired) electrons. The number of ether oxygens (including phenoxy) is 1. The predicted molar refractivity (Wildman–Crippen MR) is 74.1 cm³/mol. The van der Waals surface area contributed by atoms with E-state index in [9.17, 15) is 19.8 Å². The fourth-order valence-electron chi connectivity index (χ4n) is 4.62. The first-order valence-corrected chi connectivity index (χ1v) is 7.52. The Labute approximate surface area is 124 Å². The van der Waals surface area contributed by atoms with Gasteiger partial charge in [0.05, 0.1) is 17.6 Å². The summed E-state index contributed by atoms with van der Waals surface area (Å²) in [6.45, 7) is 7.05. The molecule has 0 amide bonds. The highest BCUT2D eigenvalue weighted by atomic mass is 16.6. The van der Waals surface area contributed by atoms with Crippen LogP contribution < -0.4 is 0 Å². The van der Waals surface area contributed by atoms with Gasteiger partial charge in [0.2, 0.25) is 0 Å². The van der Waals surface area contributed by atoms with E-state index in [1.807, 2.05) is 6.92 Å². The highest BCUT2D eigenvalue weighted by molar-refractivity contribution is 6.02. The van der Waals surface area contributed by atoms with E-state index in [4.69, 9.17) is 4.74 Å². The van der Waals surface area contributed by atoms with Crippen molar-refractivity contribution < 1.29 is 24.5 Å². The maximum Gasteiger partial charge on any atom is 0.309 e. The molecule has 5 nitrogen and oxygen atoms in total. The number of Topliss-reactive ketones (excluding diaryl/α,β-unsaturated/α-hetero) is 1. The molecule has 21 heavy (non-hydrogen) atoms. The lowest BCUT2D eigenvalue weighted by Crippen LogP contribution is -2.45. The zero-order chi connectivity index (χ0) is 15.7. The largest absolute Gasteiger partial charge is 0.453 e. The van der Waals surface area contributed by atoms with Crippen LogP contribution in [0.3, 0.4) is 0 Å². The molecule has 1 saturated carbocycles. The van der Waals surface area contributed by atoms with Crippen LogP contribution in [0.15, 0.2) is 11.1 Å². The van der Waals surface area contributed by atoms with Crippen LogP contribution in [0, 0.1) is 23.7 Å². The third-order valence-electron chi connectivity index (χ3n) is 5.88. The summed E-state index contributed by atoms with van der Waals surface area (Å²) < 4.78 is 5.30. The Morgan fingerprint density at radius 1 is 1.29 bits per heavy atom. The molecular formula is C16H22O5. The number of rotatable bonds is 0. The normalized spacial score (nSPS) is 49.8. The number of aliphatic hydroxyl groups is 2. The van der Waals surface area contributed by atoms with E-state index in [1.165, 1.54) is 0 Å². The van der Waals surface area contributed by atoms with E-state index in [2.05, 4.69) is 0 Å². The minimum Gasteiger partial charge on any atom is -0.453 e. The first-order valence-electron chi connectivity index (χ1n) is 7.52. The van der Waals surface area contributed by atoms with Crippen molar-refractivity contribution in [1.29, 1.82) is 0 Å². The molecule has 7 unspecified atom stereocenters. The topological polar surface area (TPSA) is 83.8 Å². The molecule has 3 aliphatic rings. The second-order valence-corrected chi connectivity index (χ2v) is 7.02. The molecule has 116 valence electrons. The number of hydrogen-bond acceptors (Lipinski definition) is 5. The molecule has 1 aliphatic heterocycles. The fraction of sp³-hybridized carbons (Fsp3) is 0.750. The van der Waals surface area contributed by atoms with Gasteiger partial charge in [-0.1, -0.05) is 19.4 Å². The number of carbonyl (C=O) groups excluding carboxylic acids is 2. The van der Waals surface area contributed by atoms with Gasteiger partial charge in [-0.2, -0.15) is 0 Å². The van der Waals surface area contributed by atoms with E-state index in [1.54, 1.807) is 20.8 Å². The van der Waals surface area contributed by atoms with Gasteiger partial charge in [-0.05, 0) is 31.8 Å². The van der Waals surface area contributed by atoms with Crippen molar-refractivity contribution in [3.63, 3.8) is 0 Å². The van der Waals surface area contributed by atoms with E-state index in [0.717, 1.165) is 5.57 Å². The zero-order valence-electron chi connectivity index (χ0n) is 12.8.